The third-order valence-electron chi connectivity index (χ3n) is 3.44. The van der Waals surface area contributed by atoms with Crippen LogP contribution in [0.3, 0.4) is 0 Å². The number of cyclic esters (lactones) is 1. The zero-order chi connectivity index (χ0) is 16.1. The molecule has 1 atom stereocenters. The van der Waals surface area contributed by atoms with Crippen molar-refractivity contribution in [2.75, 3.05) is 6.61 Å². The molecule has 1 aliphatic rings. The fourth-order valence-corrected chi connectivity index (χ4v) is 2.24. The van der Waals surface area contributed by atoms with E-state index in [1.165, 1.54) is 0 Å². The molecule has 3 rings (SSSR count). The van der Waals surface area contributed by atoms with Crippen molar-refractivity contribution < 1.29 is 19.1 Å². The van der Waals surface area contributed by atoms with E-state index < -0.39 is 11.9 Å². The van der Waals surface area contributed by atoms with Crippen LogP contribution in [-0.2, 0) is 25.7 Å². The van der Waals surface area contributed by atoms with E-state index >= 15 is 0 Å². The van der Waals surface area contributed by atoms with E-state index in [1.807, 2.05) is 60.7 Å². The number of carbonyl (C=O) groups excluding carboxylic acids is 2. The molecule has 0 N–H and O–H groups in total. The Hall–Kier alpha value is -2.95. The van der Waals surface area contributed by atoms with Crippen LogP contribution in [0.25, 0.3) is 0 Å². The molecule has 2 aromatic rings. The highest BCUT2D eigenvalue weighted by atomic mass is 16.6. The minimum Gasteiger partial charge on any atom is -0.458 e. The summed E-state index contributed by atoms with van der Waals surface area (Å²) in [7, 11) is 0. The van der Waals surface area contributed by atoms with Crippen LogP contribution in [0.2, 0.25) is 0 Å². The molecule has 0 aromatic heterocycles. The van der Waals surface area contributed by atoms with Crippen LogP contribution >= 0.6 is 0 Å². The maximum atomic E-state index is 12.1. The highest BCUT2D eigenvalue weighted by molar-refractivity contribution is 6.62. The summed E-state index contributed by atoms with van der Waals surface area (Å²) in [6.07, 6.45) is 0. The Morgan fingerprint density at radius 1 is 1.09 bits per heavy atom. The maximum Gasteiger partial charge on any atom is 0.364 e. The van der Waals surface area contributed by atoms with Gasteiger partial charge < -0.3 is 9.47 Å². The highest BCUT2D eigenvalue weighted by Crippen LogP contribution is 2.21. The molecule has 0 fully saturated rings. The Labute approximate surface area is 133 Å². The van der Waals surface area contributed by atoms with Crippen LogP contribution in [0, 0.1) is 0 Å². The Balaban J connectivity index is 1.72. The number of hydrogen-bond donors (Lipinski definition) is 0. The third kappa shape index (κ3) is 3.63. The van der Waals surface area contributed by atoms with E-state index in [2.05, 4.69) is 4.99 Å². The molecule has 1 heterocycles. The number of rotatable bonds is 4. The van der Waals surface area contributed by atoms with Gasteiger partial charge in [-0.15, -0.1) is 0 Å². The van der Waals surface area contributed by atoms with Gasteiger partial charge in [0, 0.05) is 0 Å². The average Bonchev–Trinajstić information content (AvgIpc) is 2.62. The summed E-state index contributed by atoms with van der Waals surface area (Å²) in [6, 6.07) is 18.2. The number of aliphatic imine (C=N–C) groups is 1. The molecule has 5 nitrogen and oxygen atoms in total. The number of benzene rings is 2. The first-order valence-electron chi connectivity index (χ1n) is 7.25. The summed E-state index contributed by atoms with van der Waals surface area (Å²) < 4.78 is 10.2. The number of hydrogen-bond acceptors (Lipinski definition) is 5. The summed E-state index contributed by atoms with van der Waals surface area (Å²) in [5.74, 6) is -1.50. The van der Waals surface area contributed by atoms with Crippen LogP contribution in [-0.4, -0.2) is 24.3 Å². The average molecular weight is 309 g/mol. The predicted octanol–water partition coefficient (Wildman–Crippen LogP) is 2.47. The van der Waals surface area contributed by atoms with Gasteiger partial charge in [-0.3, -0.25) is 4.99 Å². The van der Waals surface area contributed by atoms with Crippen molar-refractivity contribution in [2.45, 2.75) is 12.6 Å². The van der Waals surface area contributed by atoms with Gasteiger partial charge in [-0.1, -0.05) is 60.7 Å². The van der Waals surface area contributed by atoms with Gasteiger partial charge in [0.05, 0.1) is 0 Å². The molecular weight excluding hydrogens is 294 g/mol. The molecule has 0 radical (unpaired) electrons. The topological polar surface area (TPSA) is 65.0 Å². The fraction of sp³-hybridized carbons (Fsp3) is 0.167. The Bertz CT molecular complexity index is 725. The number of ether oxygens (including phenoxy) is 2. The zero-order valence-electron chi connectivity index (χ0n) is 12.3. The normalized spacial score (nSPS) is 17.1. The van der Waals surface area contributed by atoms with Gasteiger partial charge in [0.25, 0.3) is 0 Å². The van der Waals surface area contributed by atoms with Crippen molar-refractivity contribution in [3.05, 3.63) is 71.8 Å². The van der Waals surface area contributed by atoms with E-state index in [4.69, 9.17) is 9.47 Å². The predicted molar refractivity (Wildman–Crippen MR) is 83.8 cm³/mol. The second-order valence-corrected chi connectivity index (χ2v) is 5.06. The van der Waals surface area contributed by atoms with Crippen LogP contribution in [0.5, 0.6) is 0 Å². The molecule has 5 heteroatoms. The minimum absolute atomic E-state index is 0.0853. The van der Waals surface area contributed by atoms with E-state index in [9.17, 15) is 9.59 Å². The molecule has 0 amide bonds. The lowest BCUT2D eigenvalue weighted by molar-refractivity contribution is -0.143. The molecule has 116 valence electrons. The van der Waals surface area contributed by atoms with Gasteiger partial charge in [-0.05, 0) is 11.1 Å². The van der Waals surface area contributed by atoms with Crippen molar-refractivity contribution >= 4 is 17.7 Å². The molecule has 0 saturated carbocycles. The molecule has 0 saturated heterocycles. The molecule has 0 spiro atoms. The van der Waals surface area contributed by atoms with E-state index in [0.717, 1.165) is 11.1 Å². The largest absolute Gasteiger partial charge is 0.458 e. The monoisotopic (exact) mass is 309 g/mol. The van der Waals surface area contributed by atoms with E-state index in [0.29, 0.717) is 0 Å². The summed E-state index contributed by atoms with van der Waals surface area (Å²) >= 11 is 0. The fourth-order valence-electron chi connectivity index (χ4n) is 2.24. The number of nitrogens with zero attached hydrogens (tertiary/aromatic N) is 1. The lowest BCUT2D eigenvalue weighted by atomic mass is 10.1. The van der Waals surface area contributed by atoms with E-state index in [1.54, 1.807) is 0 Å². The van der Waals surface area contributed by atoms with Gasteiger partial charge in [-0.25, -0.2) is 9.59 Å². The first-order valence-corrected chi connectivity index (χ1v) is 7.25. The van der Waals surface area contributed by atoms with Crippen molar-refractivity contribution in [2.24, 2.45) is 4.99 Å². The summed E-state index contributed by atoms with van der Waals surface area (Å²) in [5, 5.41) is 0. The molecule has 0 bridgehead atoms. The van der Waals surface area contributed by atoms with Crippen molar-refractivity contribution in [3.8, 4) is 0 Å². The van der Waals surface area contributed by atoms with Gasteiger partial charge in [0.15, 0.2) is 0 Å². The van der Waals surface area contributed by atoms with Crippen molar-refractivity contribution in [3.63, 3.8) is 0 Å². The van der Waals surface area contributed by atoms with Gasteiger partial charge in [0.1, 0.15) is 19.3 Å². The molecule has 2 aromatic carbocycles. The summed E-state index contributed by atoms with van der Waals surface area (Å²) in [5.41, 5.74) is 1.43. The first-order chi connectivity index (χ1) is 11.2. The van der Waals surface area contributed by atoms with Crippen LogP contribution < -0.4 is 0 Å². The smallest absolute Gasteiger partial charge is 0.364 e. The standard InChI is InChI=1S/C18H15NO4/c20-17(22-11-13-7-3-1-4-8-13)16-18(21)23-12-15(19-16)14-9-5-2-6-10-14/h1-10,15H,11-12H2/t15-/m0/s1. The Morgan fingerprint density at radius 2 is 1.74 bits per heavy atom. The maximum absolute atomic E-state index is 12.1. The highest BCUT2D eigenvalue weighted by Gasteiger charge is 2.31. The minimum atomic E-state index is -0.764. The second-order valence-electron chi connectivity index (χ2n) is 5.06. The molecule has 0 unspecified atom stereocenters. The van der Waals surface area contributed by atoms with E-state index in [-0.39, 0.29) is 25.0 Å². The van der Waals surface area contributed by atoms with Crippen molar-refractivity contribution in [1.29, 1.82) is 0 Å². The quantitative estimate of drug-likeness (QED) is 0.814. The van der Waals surface area contributed by atoms with Gasteiger partial charge in [0.2, 0.25) is 5.71 Å². The molecule has 23 heavy (non-hydrogen) atoms. The zero-order valence-corrected chi connectivity index (χ0v) is 12.3. The Kier molecular flexibility index (Phi) is 4.47. The number of esters is 2. The first kappa shape index (κ1) is 15.0. The summed E-state index contributed by atoms with van der Waals surface area (Å²) in [4.78, 5) is 28.1. The summed E-state index contributed by atoms with van der Waals surface area (Å²) in [6.45, 7) is 0.209. The van der Waals surface area contributed by atoms with Crippen LogP contribution in [0.15, 0.2) is 65.7 Å². The van der Waals surface area contributed by atoms with Crippen LogP contribution in [0.1, 0.15) is 17.2 Å². The number of carbonyl (C=O) groups is 2. The molecule has 1 aliphatic heterocycles. The van der Waals surface area contributed by atoms with Crippen molar-refractivity contribution in [1.82, 2.24) is 0 Å². The molecular formula is C18H15NO4. The lowest BCUT2D eigenvalue weighted by Crippen LogP contribution is -2.34. The van der Waals surface area contributed by atoms with Crippen LogP contribution in [0.4, 0.5) is 0 Å². The Morgan fingerprint density at radius 3 is 2.43 bits per heavy atom. The van der Waals surface area contributed by atoms with Gasteiger partial charge >= 0.3 is 11.9 Å². The van der Waals surface area contributed by atoms with Gasteiger partial charge in [-0.2, -0.15) is 0 Å². The second kappa shape index (κ2) is 6.87. The lowest BCUT2D eigenvalue weighted by Gasteiger charge is -2.19. The third-order valence-corrected chi connectivity index (χ3v) is 3.44. The SMILES string of the molecule is O=C(OCc1ccccc1)C1=N[C@H](c2ccccc2)COC1=O. The molecule has 0 aliphatic carbocycles.